The highest BCUT2D eigenvalue weighted by molar-refractivity contribution is 7.70. The van der Waals surface area contributed by atoms with Crippen LogP contribution < -0.4 is 30.9 Å². The fourth-order valence-electron chi connectivity index (χ4n) is 5.51. The van der Waals surface area contributed by atoms with Crippen LogP contribution >= 0.6 is 18.7 Å². The molecular weight excluding hydrogens is 557 g/mol. The van der Waals surface area contributed by atoms with Crippen molar-refractivity contribution in [2.24, 2.45) is 5.41 Å². The van der Waals surface area contributed by atoms with Crippen LogP contribution in [-0.2, 0) is 4.57 Å². The maximum absolute atomic E-state index is 13.4. The van der Waals surface area contributed by atoms with E-state index in [1.807, 2.05) is 18.2 Å². The van der Waals surface area contributed by atoms with Gasteiger partial charge in [0, 0.05) is 30.1 Å². The number of hydrogen-bond donors (Lipinski definition) is 3. The van der Waals surface area contributed by atoms with Crippen molar-refractivity contribution in [2.75, 3.05) is 55.0 Å². The second-order valence-corrected chi connectivity index (χ2v) is 14.4. The van der Waals surface area contributed by atoms with Gasteiger partial charge in [-0.1, -0.05) is 23.7 Å². The van der Waals surface area contributed by atoms with Gasteiger partial charge in [0.05, 0.1) is 17.6 Å². The van der Waals surface area contributed by atoms with E-state index in [0.717, 1.165) is 44.7 Å². The average molecular weight is 591 g/mol. The van der Waals surface area contributed by atoms with Crippen molar-refractivity contribution >= 4 is 52.9 Å². The van der Waals surface area contributed by atoms with E-state index in [0.29, 0.717) is 22.1 Å². The number of rotatable bonds is 8. The molecule has 0 bridgehead atoms. The smallest absolute Gasteiger partial charge is 0.387 e. The van der Waals surface area contributed by atoms with Crippen LogP contribution in [0.3, 0.4) is 0 Å². The van der Waals surface area contributed by atoms with Gasteiger partial charge in [-0.2, -0.15) is 13.8 Å². The first kappa shape index (κ1) is 28.6. The van der Waals surface area contributed by atoms with Gasteiger partial charge in [-0.15, -0.1) is 0 Å². The van der Waals surface area contributed by atoms with Crippen molar-refractivity contribution < 1.29 is 18.1 Å². The zero-order valence-corrected chi connectivity index (χ0v) is 24.2. The molecule has 8 nitrogen and oxygen atoms in total. The topological polar surface area (TPSA) is 91.4 Å². The molecular formula is C28H34ClF2N6O2P. The molecule has 1 aromatic heterocycles. The van der Waals surface area contributed by atoms with Crippen molar-refractivity contribution in [3.63, 3.8) is 0 Å². The molecule has 2 fully saturated rings. The number of nitrogens with one attached hydrogen (secondary N) is 3. The molecule has 214 valence electrons. The zero-order chi connectivity index (χ0) is 28.3. The van der Waals surface area contributed by atoms with Crippen molar-refractivity contribution in [3.8, 4) is 5.75 Å². The minimum atomic E-state index is -2.99. The third-order valence-corrected chi connectivity index (χ3v) is 9.59. The van der Waals surface area contributed by atoms with Gasteiger partial charge in [-0.3, -0.25) is 0 Å². The van der Waals surface area contributed by atoms with E-state index >= 15 is 0 Å². The lowest BCUT2D eigenvalue weighted by Gasteiger charge is -2.45. The molecule has 3 aromatic rings. The summed E-state index contributed by atoms with van der Waals surface area (Å²) in [6.45, 7) is 4.24. The number of halogens is 3. The number of anilines is 5. The summed E-state index contributed by atoms with van der Waals surface area (Å²) in [6.07, 6.45) is 5.95. The third-order valence-electron chi connectivity index (χ3n) is 7.76. The average Bonchev–Trinajstić information content (AvgIpc) is 2.92. The van der Waals surface area contributed by atoms with E-state index in [9.17, 15) is 13.3 Å². The first-order valence-corrected chi connectivity index (χ1v) is 16.4. The van der Waals surface area contributed by atoms with Gasteiger partial charge in [0.15, 0.2) is 11.6 Å². The molecule has 2 aliphatic rings. The van der Waals surface area contributed by atoms with E-state index in [1.165, 1.54) is 19.0 Å². The highest BCUT2D eigenvalue weighted by Crippen LogP contribution is 2.42. The number of para-hydroxylation sites is 1. The SMILES string of the molecule is CP(C)(=O)c1ccccc1Nc1nc(Nc2ccc(N3CCC4(CCNCC4)CC3)cc2OC(F)F)ncc1Cl. The van der Waals surface area contributed by atoms with Gasteiger partial charge in [0.2, 0.25) is 5.95 Å². The molecule has 3 heterocycles. The minimum absolute atomic E-state index is 0.00552. The molecule has 0 atom stereocenters. The third kappa shape index (κ3) is 6.67. The van der Waals surface area contributed by atoms with Crippen LogP contribution in [-0.4, -0.2) is 56.1 Å². The van der Waals surface area contributed by atoms with Crippen molar-refractivity contribution in [1.29, 1.82) is 0 Å². The maximum atomic E-state index is 13.4. The molecule has 2 saturated heterocycles. The fraction of sp³-hybridized carbons (Fsp3) is 0.429. The Bertz CT molecular complexity index is 1390. The molecule has 0 aliphatic carbocycles. The summed E-state index contributed by atoms with van der Waals surface area (Å²) in [4.78, 5) is 10.9. The first-order valence-electron chi connectivity index (χ1n) is 13.4. The van der Waals surface area contributed by atoms with Crippen molar-refractivity contribution in [2.45, 2.75) is 32.3 Å². The van der Waals surface area contributed by atoms with Crippen molar-refractivity contribution in [1.82, 2.24) is 15.3 Å². The summed E-state index contributed by atoms with van der Waals surface area (Å²) < 4.78 is 44.5. The Balaban J connectivity index is 1.35. The summed E-state index contributed by atoms with van der Waals surface area (Å²) in [7, 11) is -2.58. The van der Waals surface area contributed by atoms with Gasteiger partial charge >= 0.3 is 6.61 Å². The number of piperidine rings is 2. The van der Waals surface area contributed by atoms with E-state index in [-0.39, 0.29) is 22.5 Å². The van der Waals surface area contributed by atoms with Crippen LogP contribution in [0.4, 0.5) is 37.6 Å². The number of alkyl halides is 2. The zero-order valence-electron chi connectivity index (χ0n) is 22.6. The molecule has 0 unspecified atom stereocenters. The largest absolute Gasteiger partial charge is 0.433 e. The molecule has 2 aromatic carbocycles. The lowest BCUT2D eigenvalue weighted by Crippen LogP contribution is -2.45. The van der Waals surface area contributed by atoms with E-state index in [4.69, 9.17) is 16.3 Å². The van der Waals surface area contributed by atoms with Gasteiger partial charge in [-0.05, 0) is 81.8 Å². The summed E-state index contributed by atoms with van der Waals surface area (Å²) in [6, 6.07) is 12.5. The molecule has 5 rings (SSSR count). The van der Waals surface area contributed by atoms with Crippen LogP contribution in [0, 0.1) is 5.41 Å². The van der Waals surface area contributed by atoms with Crippen molar-refractivity contribution in [3.05, 3.63) is 53.7 Å². The van der Waals surface area contributed by atoms with Gasteiger partial charge in [0.25, 0.3) is 0 Å². The second kappa shape index (κ2) is 11.9. The first-order chi connectivity index (χ1) is 19.1. The Morgan fingerprint density at radius 2 is 1.77 bits per heavy atom. The molecule has 0 radical (unpaired) electrons. The Labute approximate surface area is 238 Å². The van der Waals surface area contributed by atoms with E-state index in [1.54, 1.807) is 37.6 Å². The number of ether oxygens (including phenoxy) is 1. The summed E-state index contributed by atoms with van der Waals surface area (Å²) >= 11 is 6.36. The molecule has 12 heteroatoms. The minimum Gasteiger partial charge on any atom is -0.433 e. The van der Waals surface area contributed by atoms with E-state index in [2.05, 4.69) is 30.8 Å². The molecule has 40 heavy (non-hydrogen) atoms. The summed E-state index contributed by atoms with van der Waals surface area (Å²) in [5, 5.41) is 10.5. The molecule has 3 N–H and O–H groups in total. The van der Waals surface area contributed by atoms with Gasteiger partial charge in [0.1, 0.15) is 12.2 Å². The highest BCUT2D eigenvalue weighted by atomic mass is 35.5. The molecule has 0 amide bonds. The second-order valence-electron chi connectivity index (χ2n) is 10.8. The van der Waals surface area contributed by atoms with Crippen LogP contribution in [0.5, 0.6) is 5.75 Å². The van der Waals surface area contributed by atoms with Gasteiger partial charge < -0.3 is 30.2 Å². The van der Waals surface area contributed by atoms with Crippen LogP contribution in [0.25, 0.3) is 0 Å². The predicted molar refractivity (Wildman–Crippen MR) is 158 cm³/mol. The number of benzene rings is 2. The lowest BCUT2D eigenvalue weighted by atomic mass is 9.71. The number of nitrogens with zero attached hydrogens (tertiary/aromatic N) is 3. The molecule has 1 spiro atoms. The Morgan fingerprint density at radius 3 is 2.48 bits per heavy atom. The summed E-state index contributed by atoms with van der Waals surface area (Å²) in [5.74, 6) is 0.428. The number of hydrogen-bond acceptors (Lipinski definition) is 8. The standard InChI is InChI=1S/C28H34ClF2N6O2P/c1-40(2,38)24-6-4-3-5-22(24)34-25-20(29)18-33-27(36-25)35-21-8-7-19(17-23(21)39-26(30)31)37-15-11-28(12-16-37)9-13-32-14-10-28/h3-8,17-18,26,32H,9-16H2,1-2H3,(H2,33,34,35,36). The number of aromatic nitrogens is 2. The predicted octanol–water partition coefficient (Wildman–Crippen LogP) is 6.44. The van der Waals surface area contributed by atoms with Crippen LogP contribution in [0.15, 0.2) is 48.7 Å². The molecule has 2 aliphatic heterocycles. The Morgan fingerprint density at radius 1 is 1.05 bits per heavy atom. The molecule has 0 saturated carbocycles. The normalized spacial score (nSPS) is 17.2. The lowest BCUT2D eigenvalue weighted by molar-refractivity contribution is -0.0493. The van der Waals surface area contributed by atoms with E-state index < -0.39 is 13.8 Å². The Hall–Kier alpha value is -2.94. The van der Waals surface area contributed by atoms with Crippen LogP contribution in [0.1, 0.15) is 25.7 Å². The van der Waals surface area contributed by atoms with Crippen LogP contribution in [0.2, 0.25) is 5.02 Å². The summed E-state index contributed by atoms with van der Waals surface area (Å²) in [5.41, 5.74) is 2.14. The monoisotopic (exact) mass is 590 g/mol. The quantitative estimate of drug-likeness (QED) is 0.258. The fourth-order valence-corrected chi connectivity index (χ4v) is 6.81. The van der Waals surface area contributed by atoms with Gasteiger partial charge in [-0.25, -0.2) is 4.98 Å². The highest BCUT2D eigenvalue weighted by Gasteiger charge is 2.35. The maximum Gasteiger partial charge on any atom is 0.387 e. The Kier molecular flexibility index (Phi) is 8.50.